The Kier molecular flexibility index (Phi) is 6.03. The summed E-state index contributed by atoms with van der Waals surface area (Å²) in [6.07, 6.45) is 0. The van der Waals surface area contributed by atoms with Crippen LogP contribution in [0, 0.1) is 0 Å². The molecule has 0 radical (unpaired) electrons. The average Bonchev–Trinajstić information content (AvgIpc) is 3.05. The SMILES string of the molecule is COc1cc(NC(=O)C(C)Sc2nc3ccccc3n2C(F)F)cc(OC)c1. The summed E-state index contributed by atoms with van der Waals surface area (Å²) in [6, 6.07) is 11.6. The number of hydrogen-bond donors (Lipinski definition) is 1. The normalized spacial score (nSPS) is 12.2. The van der Waals surface area contributed by atoms with Gasteiger partial charge in [0.05, 0.1) is 30.5 Å². The number of benzene rings is 2. The molecular formula is C19H19F2N3O3S. The summed E-state index contributed by atoms with van der Waals surface area (Å²) < 4.78 is 38.3. The van der Waals surface area contributed by atoms with Crippen LogP contribution in [0.2, 0.25) is 0 Å². The minimum atomic E-state index is -2.76. The maximum Gasteiger partial charge on any atom is 0.321 e. The van der Waals surface area contributed by atoms with E-state index in [4.69, 9.17) is 9.47 Å². The van der Waals surface area contributed by atoms with E-state index in [1.54, 1.807) is 49.4 Å². The molecule has 0 aliphatic rings. The number of methoxy groups -OCH3 is 2. The standard InChI is InChI=1S/C19H19F2N3O3S/c1-11(17(25)22-12-8-13(26-2)10-14(9-12)27-3)28-19-23-15-6-4-5-7-16(15)24(19)18(20)21/h4-11,18H,1-3H3,(H,22,25). The van der Waals surface area contributed by atoms with Gasteiger partial charge < -0.3 is 14.8 Å². The summed E-state index contributed by atoms with van der Waals surface area (Å²) >= 11 is 0.969. The zero-order valence-electron chi connectivity index (χ0n) is 15.5. The fraction of sp³-hybridized carbons (Fsp3) is 0.263. The van der Waals surface area contributed by atoms with E-state index < -0.39 is 11.8 Å². The van der Waals surface area contributed by atoms with Crippen LogP contribution in [0.5, 0.6) is 11.5 Å². The zero-order chi connectivity index (χ0) is 20.3. The summed E-state index contributed by atoms with van der Waals surface area (Å²) in [6.45, 7) is -1.13. The fourth-order valence-corrected chi connectivity index (χ4v) is 3.55. The molecule has 0 spiro atoms. The number of halogens is 2. The first-order valence-corrected chi connectivity index (χ1v) is 9.26. The smallest absolute Gasteiger partial charge is 0.321 e. The van der Waals surface area contributed by atoms with Crippen molar-refractivity contribution < 1.29 is 23.0 Å². The Hall–Kier alpha value is -2.81. The van der Waals surface area contributed by atoms with E-state index in [9.17, 15) is 13.6 Å². The highest BCUT2D eigenvalue weighted by Gasteiger charge is 2.23. The molecule has 3 aromatic rings. The summed E-state index contributed by atoms with van der Waals surface area (Å²) in [5, 5.41) is 2.17. The fourth-order valence-electron chi connectivity index (χ4n) is 2.63. The van der Waals surface area contributed by atoms with Crippen molar-refractivity contribution in [3.05, 3.63) is 42.5 Å². The first-order valence-electron chi connectivity index (χ1n) is 8.38. The van der Waals surface area contributed by atoms with Gasteiger partial charge in [-0.05, 0) is 19.1 Å². The van der Waals surface area contributed by atoms with Crippen molar-refractivity contribution in [1.29, 1.82) is 0 Å². The van der Waals surface area contributed by atoms with E-state index in [1.807, 2.05) is 0 Å². The highest BCUT2D eigenvalue weighted by molar-refractivity contribution is 8.00. The molecule has 3 rings (SSSR count). The number of carbonyl (C=O) groups excluding carboxylic acids is 1. The van der Waals surface area contributed by atoms with Crippen molar-refractivity contribution in [2.24, 2.45) is 0 Å². The molecule has 1 heterocycles. The number of aromatic nitrogens is 2. The van der Waals surface area contributed by atoms with E-state index in [0.717, 1.165) is 16.3 Å². The second-order valence-corrected chi connectivity index (χ2v) is 7.19. The number of amides is 1. The number of hydrogen-bond acceptors (Lipinski definition) is 5. The quantitative estimate of drug-likeness (QED) is 0.582. The maximum atomic E-state index is 13.5. The Morgan fingerprint density at radius 3 is 2.39 bits per heavy atom. The topological polar surface area (TPSA) is 65.4 Å². The van der Waals surface area contributed by atoms with Crippen LogP contribution in [0.1, 0.15) is 13.5 Å². The molecule has 0 aliphatic carbocycles. The van der Waals surface area contributed by atoms with Gasteiger partial charge in [-0.25, -0.2) is 4.98 Å². The van der Waals surface area contributed by atoms with Gasteiger partial charge in [-0.3, -0.25) is 9.36 Å². The van der Waals surface area contributed by atoms with Gasteiger partial charge in [-0.2, -0.15) is 8.78 Å². The van der Waals surface area contributed by atoms with Crippen molar-refractivity contribution in [2.75, 3.05) is 19.5 Å². The highest BCUT2D eigenvalue weighted by Crippen LogP contribution is 2.32. The molecule has 2 aromatic carbocycles. The van der Waals surface area contributed by atoms with Crippen LogP contribution in [0.3, 0.4) is 0 Å². The Bertz CT molecular complexity index is 971. The molecule has 148 valence electrons. The molecule has 0 saturated heterocycles. The lowest BCUT2D eigenvalue weighted by Gasteiger charge is -2.14. The molecule has 6 nitrogen and oxygen atoms in total. The van der Waals surface area contributed by atoms with Gasteiger partial charge in [-0.15, -0.1) is 0 Å². The van der Waals surface area contributed by atoms with Gasteiger partial charge in [0.1, 0.15) is 11.5 Å². The van der Waals surface area contributed by atoms with Crippen LogP contribution in [-0.4, -0.2) is 34.9 Å². The summed E-state index contributed by atoms with van der Waals surface area (Å²) in [4.78, 5) is 16.8. The summed E-state index contributed by atoms with van der Waals surface area (Å²) in [5.41, 5.74) is 1.26. The van der Waals surface area contributed by atoms with E-state index in [1.165, 1.54) is 14.2 Å². The predicted molar refractivity (Wildman–Crippen MR) is 104 cm³/mol. The summed E-state index contributed by atoms with van der Waals surface area (Å²) in [5.74, 6) is 0.692. The molecule has 0 saturated carbocycles. The first-order chi connectivity index (χ1) is 13.4. The maximum absolute atomic E-state index is 13.5. The number of anilines is 1. The molecule has 1 N–H and O–H groups in total. The molecule has 0 bridgehead atoms. The van der Waals surface area contributed by atoms with Crippen LogP contribution in [-0.2, 0) is 4.79 Å². The van der Waals surface area contributed by atoms with Gasteiger partial charge in [0.15, 0.2) is 5.16 Å². The van der Waals surface area contributed by atoms with Crippen molar-refractivity contribution in [3.63, 3.8) is 0 Å². The van der Waals surface area contributed by atoms with E-state index >= 15 is 0 Å². The lowest BCUT2D eigenvalue weighted by molar-refractivity contribution is -0.115. The number of rotatable bonds is 7. The number of imidazole rings is 1. The molecule has 1 aromatic heterocycles. The summed E-state index contributed by atoms with van der Waals surface area (Å²) in [7, 11) is 3.02. The molecule has 1 unspecified atom stereocenters. The largest absolute Gasteiger partial charge is 0.497 e. The number of para-hydroxylation sites is 2. The third kappa shape index (κ3) is 4.19. The van der Waals surface area contributed by atoms with Crippen LogP contribution in [0.15, 0.2) is 47.6 Å². The van der Waals surface area contributed by atoms with Crippen LogP contribution in [0.4, 0.5) is 14.5 Å². The van der Waals surface area contributed by atoms with Gasteiger partial charge in [-0.1, -0.05) is 23.9 Å². The number of nitrogens with zero attached hydrogens (tertiary/aromatic N) is 2. The Labute approximate surface area is 164 Å². The Balaban J connectivity index is 1.80. The van der Waals surface area contributed by atoms with Crippen molar-refractivity contribution in [1.82, 2.24) is 9.55 Å². The number of alkyl halides is 2. The Morgan fingerprint density at radius 1 is 1.14 bits per heavy atom. The molecule has 0 fully saturated rings. The van der Waals surface area contributed by atoms with Gasteiger partial charge in [0.25, 0.3) is 0 Å². The number of ether oxygens (including phenoxy) is 2. The minimum absolute atomic E-state index is 0.0853. The second kappa shape index (κ2) is 8.47. The lowest BCUT2D eigenvalue weighted by Crippen LogP contribution is -2.23. The van der Waals surface area contributed by atoms with Crippen LogP contribution in [0.25, 0.3) is 11.0 Å². The van der Waals surface area contributed by atoms with Gasteiger partial charge in [0, 0.05) is 23.9 Å². The molecule has 1 atom stereocenters. The van der Waals surface area contributed by atoms with E-state index in [-0.39, 0.29) is 11.1 Å². The van der Waals surface area contributed by atoms with Crippen LogP contribution < -0.4 is 14.8 Å². The van der Waals surface area contributed by atoms with Crippen molar-refractivity contribution in [3.8, 4) is 11.5 Å². The first kappa shape index (κ1) is 19.9. The number of fused-ring (bicyclic) bond motifs is 1. The van der Waals surface area contributed by atoms with Crippen molar-refractivity contribution in [2.45, 2.75) is 23.9 Å². The number of carbonyl (C=O) groups is 1. The van der Waals surface area contributed by atoms with Crippen LogP contribution >= 0.6 is 11.8 Å². The second-order valence-electron chi connectivity index (χ2n) is 5.88. The molecule has 1 amide bonds. The number of thioether (sulfide) groups is 1. The molecule has 28 heavy (non-hydrogen) atoms. The minimum Gasteiger partial charge on any atom is -0.497 e. The average molecular weight is 407 g/mol. The predicted octanol–water partition coefficient (Wildman–Crippen LogP) is 4.57. The molecule has 0 aliphatic heterocycles. The van der Waals surface area contributed by atoms with E-state index in [2.05, 4.69) is 10.3 Å². The zero-order valence-corrected chi connectivity index (χ0v) is 16.3. The molecule has 9 heteroatoms. The monoisotopic (exact) mass is 407 g/mol. The lowest BCUT2D eigenvalue weighted by atomic mass is 10.2. The highest BCUT2D eigenvalue weighted by atomic mass is 32.2. The Morgan fingerprint density at radius 2 is 1.79 bits per heavy atom. The number of nitrogens with one attached hydrogen (secondary N) is 1. The third-order valence-electron chi connectivity index (χ3n) is 4.03. The molecular weight excluding hydrogens is 388 g/mol. The van der Waals surface area contributed by atoms with Crippen molar-refractivity contribution >= 4 is 34.4 Å². The van der Waals surface area contributed by atoms with Gasteiger partial charge >= 0.3 is 6.55 Å². The van der Waals surface area contributed by atoms with Gasteiger partial charge in [0.2, 0.25) is 5.91 Å². The third-order valence-corrected chi connectivity index (χ3v) is 5.10. The van der Waals surface area contributed by atoms with E-state index in [0.29, 0.717) is 28.2 Å².